The highest BCUT2D eigenvalue weighted by molar-refractivity contribution is 5.91. The second-order valence-corrected chi connectivity index (χ2v) is 6.09. The van der Waals surface area contributed by atoms with Crippen LogP contribution in [0.5, 0.6) is 0 Å². The molecule has 1 heterocycles. The third-order valence-corrected chi connectivity index (χ3v) is 4.74. The van der Waals surface area contributed by atoms with Crippen molar-refractivity contribution in [2.75, 3.05) is 13.1 Å². The molecule has 2 N–H and O–H groups in total. The highest BCUT2D eigenvalue weighted by Crippen LogP contribution is 2.50. The summed E-state index contributed by atoms with van der Waals surface area (Å²) in [5.41, 5.74) is 6.72. The van der Waals surface area contributed by atoms with Crippen molar-refractivity contribution in [2.45, 2.75) is 37.6 Å². The molecule has 2 unspecified atom stereocenters. The Hall–Kier alpha value is -1.35. The molecule has 1 saturated carbocycles. The van der Waals surface area contributed by atoms with Crippen molar-refractivity contribution in [1.29, 1.82) is 0 Å². The molecule has 0 aromatic heterocycles. The van der Waals surface area contributed by atoms with Crippen molar-refractivity contribution in [3.8, 4) is 0 Å². The Labute approximate surface area is 114 Å². The van der Waals surface area contributed by atoms with Crippen molar-refractivity contribution < 1.29 is 4.79 Å². The van der Waals surface area contributed by atoms with Gasteiger partial charge in [-0.15, -0.1) is 0 Å². The van der Waals surface area contributed by atoms with Gasteiger partial charge in [0.25, 0.3) is 0 Å². The van der Waals surface area contributed by atoms with Crippen LogP contribution in [0.2, 0.25) is 0 Å². The molecule has 2 atom stereocenters. The number of carbonyl (C=O) groups is 1. The van der Waals surface area contributed by atoms with E-state index < -0.39 is 0 Å². The fraction of sp³-hybridized carbons (Fsp3) is 0.562. The van der Waals surface area contributed by atoms with Gasteiger partial charge >= 0.3 is 0 Å². The minimum absolute atomic E-state index is 0.223. The number of nitrogens with zero attached hydrogens (tertiary/aromatic N) is 1. The van der Waals surface area contributed by atoms with Gasteiger partial charge in [-0.25, -0.2) is 0 Å². The lowest BCUT2D eigenvalue weighted by atomic mass is 9.94. The fourth-order valence-corrected chi connectivity index (χ4v) is 3.38. The molecule has 3 heteroatoms. The topological polar surface area (TPSA) is 46.3 Å². The maximum atomic E-state index is 12.9. The smallest absolute Gasteiger partial charge is 0.233 e. The van der Waals surface area contributed by atoms with Gasteiger partial charge in [-0.3, -0.25) is 4.79 Å². The zero-order valence-corrected chi connectivity index (χ0v) is 11.5. The Kier molecular flexibility index (Phi) is 3.09. The van der Waals surface area contributed by atoms with E-state index in [1.165, 1.54) is 5.56 Å². The first kappa shape index (κ1) is 12.7. The molecular formula is C16H22N2O. The summed E-state index contributed by atoms with van der Waals surface area (Å²) in [6, 6.07) is 10.6. The van der Waals surface area contributed by atoms with Crippen LogP contribution in [0.4, 0.5) is 0 Å². The van der Waals surface area contributed by atoms with Crippen LogP contribution in [0.25, 0.3) is 0 Å². The third kappa shape index (κ3) is 2.06. The van der Waals surface area contributed by atoms with Gasteiger partial charge in [0.1, 0.15) is 0 Å². The first-order chi connectivity index (χ1) is 9.17. The summed E-state index contributed by atoms with van der Waals surface area (Å²) in [6.45, 7) is 3.67. The van der Waals surface area contributed by atoms with Gasteiger partial charge in [0.05, 0.1) is 5.41 Å². The zero-order valence-electron chi connectivity index (χ0n) is 11.5. The van der Waals surface area contributed by atoms with Gasteiger partial charge < -0.3 is 10.6 Å². The van der Waals surface area contributed by atoms with Crippen molar-refractivity contribution in [3.63, 3.8) is 0 Å². The molecule has 1 aromatic rings. The van der Waals surface area contributed by atoms with E-state index in [1.807, 2.05) is 18.2 Å². The predicted molar refractivity (Wildman–Crippen MR) is 75.7 cm³/mol. The normalized spacial score (nSPS) is 28.4. The molecule has 0 bridgehead atoms. The number of hydrogen-bond acceptors (Lipinski definition) is 2. The first-order valence-corrected chi connectivity index (χ1v) is 7.24. The van der Waals surface area contributed by atoms with Crippen LogP contribution in [0.15, 0.2) is 30.3 Å². The minimum atomic E-state index is -0.223. The van der Waals surface area contributed by atoms with Crippen LogP contribution in [0, 0.1) is 5.92 Å². The molecule has 1 aliphatic heterocycles. The van der Waals surface area contributed by atoms with Gasteiger partial charge in [-0.1, -0.05) is 30.3 Å². The lowest BCUT2D eigenvalue weighted by Crippen LogP contribution is -2.41. The molecular weight excluding hydrogens is 236 g/mol. The first-order valence-electron chi connectivity index (χ1n) is 7.24. The summed E-state index contributed by atoms with van der Waals surface area (Å²) in [5, 5.41) is 0. The second kappa shape index (κ2) is 4.64. The third-order valence-electron chi connectivity index (χ3n) is 4.74. The molecule has 19 heavy (non-hydrogen) atoms. The molecule has 3 rings (SSSR count). The maximum Gasteiger partial charge on any atom is 0.233 e. The number of nitrogens with two attached hydrogens (primary N) is 1. The van der Waals surface area contributed by atoms with Gasteiger partial charge in [0.2, 0.25) is 5.91 Å². The Morgan fingerprint density at radius 2 is 2.05 bits per heavy atom. The van der Waals surface area contributed by atoms with Crippen LogP contribution in [-0.4, -0.2) is 29.9 Å². The molecule has 1 aliphatic carbocycles. The highest BCUT2D eigenvalue weighted by atomic mass is 16.2. The number of likely N-dealkylation sites (tertiary alicyclic amines) is 1. The van der Waals surface area contributed by atoms with Crippen LogP contribution in [-0.2, 0) is 10.2 Å². The average Bonchev–Trinajstić information content (AvgIpc) is 3.17. The van der Waals surface area contributed by atoms with Gasteiger partial charge in [-0.2, -0.15) is 0 Å². The zero-order chi connectivity index (χ0) is 13.5. The van der Waals surface area contributed by atoms with E-state index in [0.717, 1.165) is 25.8 Å². The monoisotopic (exact) mass is 258 g/mol. The van der Waals surface area contributed by atoms with E-state index >= 15 is 0 Å². The largest absolute Gasteiger partial charge is 0.339 e. The number of amides is 1. The summed E-state index contributed by atoms with van der Waals surface area (Å²) in [4.78, 5) is 15.0. The molecule has 1 amide bonds. The predicted octanol–water partition coefficient (Wildman–Crippen LogP) is 1.91. The quantitative estimate of drug-likeness (QED) is 0.900. The Morgan fingerprint density at radius 1 is 1.37 bits per heavy atom. The average molecular weight is 258 g/mol. The number of hydrogen-bond donors (Lipinski definition) is 1. The highest BCUT2D eigenvalue weighted by Gasteiger charge is 2.54. The standard InChI is InChI=1S/C16H22N2O/c1-12-9-13(10-17)11-18(12)15(19)16(7-8-16)14-5-3-2-4-6-14/h2-6,12-13H,7-11,17H2,1H3. The van der Waals surface area contributed by atoms with E-state index in [9.17, 15) is 4.79 Å². The lowest BCUT2D eigenvalue weighted by molar-refractivity contribution is -0.134. The Morgan fingerprint density at radius 3 is 2.58 bits per heavy atom. The molecule has 0 radical (unpaired) electrons. The summed E-state index contributed by atoms with van der Waals surface area (Å²) < 4.78 is 0. The molecule has 2 aliphatic rings. The molecule has 1 aromatic carbocycles. The Balaban J connectivity index is 1.81. The van der Waals surface area contributed by atoms with Crippen molar-refractivity contribution in [3.05, 3.63) is 35.9 Å². The summed E-state index contributed by atoms with van der Waals surface area (Å²) in [7, 11) is 0. The van der Waals surface area contributed by atoms with Crippen LogP contribution >= 0.6 is 0 Å². The van der Waals surface area contributed by atoms with Crippen LogP contribution in [0.1, 0.15) is 31.7 Å². The number of rotatable bonds is 3. The molecule has 0 spiro atoms. The SMILES string of the molecule is CC1CC(CN)CN1C(=O)C1(c2ccccc2)CC1. The lowest BCUT2D eigenvalue weighted by Gasteiger charge is -2.27. The van der Waals surface area contributed by atoms with E-state index in [-0.39, 0.29) is 5.41 Å². The maximum absolute atomic E-state index is 12.9. The second-order valence-electron chi connectivity index (χ2n) is 6.09. The van der Waals surface area contributed by atoms with Gasteiger partial charge in [0.15, 0.2) is 0 Å². The summed E-state index contributed by atoms with van der Waals surface area (Å²) in [6.07, 6.45) is 3.03. The number of carbonyl (C=O) groups excluding carboxylic acids is 1. The van der Waals surface area contributed by atoms with E-state index in [1.54, 1.807) is 0 Å². The number of benzene rings is 1. The fourth-order valence-electron chi connectivity index (χ4n) is 3.38. The Bertz CT molecular complexity index is 467. The summed E-state index contributed by atoms with van der Waals surface area (Å²) >= 11 is 0. The van der Waals surface area contributed by atoms with Gasteiger partial charge in [0, 0.05) is 12.6 Å². The molecule has 2 fully saturated rings. The molecule has 3 nitrogen and oxygen atoms in total. The van der Waals surface area contributed by atoms with Crippen molar-refractivity contribution in [1.82, 2.24) is 4.90 Å². The molecule has 102 valence electrons. The van der Waals surface area contributed by atoms with Crippen molar-refractivity contribution >= 4 is 5.91 Å². The van der Waals surface area contributed by atoms with Crippen LogP contribution < -0.4 is 5.73 Å². The van der Waals surface area contributed by atoms with E-state index in [4.69, 9.17) is 5.73 Å². The minimum Gasteiger partial charge on any atom is -0.339 e. The molecule has 1 saturated heterocycles. The van der Waals surface area contributed by atoms with Crippen LogP contribution in [0.3, 0.4) is 0 Å². The van der Waals surface area contributed by atoms with E-state index in [0.29, 0.717) is 24.4 Å². The van der Waals surface area contributed by atoms with Gasteiger partial charge in [-0.05, 0) is 44.2 Å². The van der Waals surface area contributed by atoms with Crippen molar-refractivity contribution in [2.24, 2.45) is 11.7 Å². The van der Waals surface area contributed by atoms with E-state index in [2.05, 4.69) is 24.0 Å². The summed E-state index contributed by atoms with van der Waals surface area (Å²) in [5.74, 6) is 0.799.